The molecule has 0 bridgehead atoms. The van der Waals surface area contributed by atoms with Gasteiger partial charge in [-0.1, -0.05) is 6.42 Å². The lowest BCUT2D eigenvalue weighted by Gasteiger charge is -2.32. The molecule has 0 aliphatic carbocycles. The van der Waals surface area contributed by atoms with Gasteiger partial charge >= 0.3 is 0 Å². The minimum absolute atomic E-state index is 0.502. The molecule has 2 aromatic rings. The van der Waals surface area contributed by atoms with Crippen LogP contribution >= 0.6 is 15.9 Å². The molecule has 20 heavy (non-hydrogen) atoms. The molecule has 106 valence electrons. The number of halogens is 1. The summed E-state index contributed by atoms with van der Waals surface area (Å²) < 4.78 is 6.94. The summed E-state index contributed by atoms with van der Waals surface area (Å²) in [6.45, 7) is 1.88. The van der Waals surface area contributed by atoms with Crippen LogP contribution in [0.1, 0.15) is 19.3 Å². The fraction of sp³-hybridized carbons (Fsp3) is 0.467. The van der Waals surface area contributed by atoms with Gasteiger partial charge < -0.3 is 9.64 Å². The van der Waals surface area contributed by atoms with E-state index >= 15 is 0 Å². The predicted octanol–water partition coefficient (Wildman–Crippen LogP) is 3.26. The van der Waals surface area contributed by atoms with E-state index in [2.05, 4.69) is 37.8 Å². The Morgan fingerprint density at radius 2 is 2.30 bits per heavy atom. The Morgan fingerprint density at radius 3 is 3.15 bits per heavy atom. The first-order valence-electron chi connectivity index (χ1n) is 6.97. The van der Waals surface area contributed by atoms with Crippen molar-refractivity contribution in [2.75, 3.05) is 20.2 Å². The molecule has 5 heteroatoms. The van der Waals surface area contributed by atoms with Gasteiger partial charge in [0.1, 0.15) is 17.9 Å². The van der Waals surface area contributed by atoms with Crippen molar-refractivity contribution in [2.24, 2.45) is 0 Å². The second-order valence-corrected chi connectivity index (χ2v) is 6.19. The van der Waals surface area contributed by atoms with Gasteiger partial charge in [-0.2, -0.15) is 0 Å². The number of hydrogen-bond donors (Lipinski definition) is 0. The number of fused-ring (bicyclic) bond motifs is 1. The fourth-order valence-corrected chi connectivity index (χ4v) is 2.96. The molecule has 1 unspecified atom stereocenters. The minimum Gasteiger partial charge on any atom is -0.490 e. The lowest BCUT2D eigenvalue weighted by molar-refractivity contribution is 0.126. The second-order valence-electron chi connectivity index (χ2n) is 5.27. The Bertz CT molecular complexity index is 605. The summed E-state index contributed by atoms with van der Waals surface area (Å²) in [7, 11) is 2.17. The van der Waals surface area contributed by atoms with Crippen LogP contribution in [0, 0.1) is 0 Å². The highest BCUT2D eigenvalue weighted by Gasteiger charge is 2.19. The number of aromatic nitrogens is 2. The Balaban J connectivity index is 1.77. The third kappa shape index (κ3) is 2.94. The van der Waals surface area contributed by atoms with E-state index in [1.807, 2.05) is 12.1 Å². The third-order valence-electron chi connectivity index (χ3n) is 3.86. The Kier molecular flexibility index (Phi) is 4.17. The highest BCUT2D eigenvalue weighted by atomic mass is 79.9. The van der Waals surface area contributed by atoms with Gasteiger partial charge in [0.15, 0.2) is 0 Å². The first-order chi connectivity index (χ1) is 9.74. The molecule has 0 spiro atoms. The van der Waals surface area contributed by atoms with E-state index in [0.717, 1.165) is 27.8 Å². The zero-order valence-corrected chi connectivity index (χ0v) is 13.1. The van der Waals surface area contributed by atoms with Gasteiger partial charge in [-0.15, -0.1) is 0 Å². The summed E-state index contributed by atoms with van der Waals surface area (Å²) >= 11 is 3.42. The minimum atomic E-state index is 0.502. The highest BCUT2D eigenvalue weighted by molar-refractivity contribution is 9.10. The van der Waals surface area contributed by atoms with E-state index in [1.165, 1.54) is 19.3 Å². The van der Waals surface area contributed by atoms with E-state index in [-0.39, 0.29) is 0 Å². The zero-order chi connectivity index (χ0) is 13.9. The molecule has 0 amide bonds. The maximum absolute atomic E-state index is 6.01. The van der Waals surface area contributed by atoms with Crippen molar-refractivity contribution in [1.82, 2.24) is 14.9 Å². The second kappa shape index (κ2) is 6.06. The van der Waals surface area contributed by atoms with Crippen LogP contribution < -0.4 is 4.74 Å². The van der Waals surface area contributed by atoms with E-state index in [1.54, 1.807) is 12.4 Å². The standard InChI is InChI=1S/C15H18BrN3O/c1-19-7-3-2-4-12(19)10-20-14-5-6-17-13-8-11(16)9-18-15(13)14/h5-6,8-9,12H,2-4,7,10H2,1H3. The summed E-state index contributed by atoms with van der Waals surface area (Å²) in [5.74, 6) is 0.821. The van der Waals surface area contributed by atoms with Gasteiger partial charge in [-0.25, -0.2) is 4.98 Å². The molecule has 3 heterocycles. The molecule has 1 fully saturated rings. The van der Waals surface area contributed by atoms with Crippen molar-refractivity contribution in [3.8, 4) is 5.75 Å². The number of piperidine rings is 1. The maximum atomic E-state index is 6.01. The van der Waals surface area contributed by atoms with Crippen LogP contribution in [0.3, 0.4) is 0 Å². The van der Waals surface area contributed by atoms with Crippen LogP contribution in [0.4, 0.5) is 0 Å². The van der Waals surface area contributed by atoms with E-state index in [4.69, 9.17) is 4.74 Å². The van der Waals surface area contributed by atoms with Crippen molar-refractivity contribution < 1.29 is 4.74 Å². The smallest absolute Gasteiger partial charge is 0.148 e. The first-order valence-corrected chi connectivity index (χ1v) is 7.76. The van der Waals surface area contributed by atoms with Crippen molar-refractivity contribution in [1.29, 1.82) is 0 Å². The molecule has 0 aromatic carbocycles. The molecule has 0 radical (unpaired) electrons. The van der Waals surface area contributed by atoms with Crippen molar-refractivity contribution in [3.05, 3.63) is 29.0 Å². The van der Waals surface area contributed by atoms with Gasteiger partial charge in [0.25, 0.3) is 0 Å². The highest BCUT2D eigenvalue weighted by Crippen LogP contribution is 2.25. The number of pyridine rings is 2. The molecule has 4 nitrogen and oxygen atoms in total. The molecule has 1 aliphatic heterocycles. The topological polar surface area (TPSA) is 38.2 Å². The number of ether oxygens (including phenoxy) is 1. The summed E-state index contributed by atoms with van der Waals surface area (Å²) in [4.78, 5) is 11.1. The lowest BCUT2D eigenvalue weighted by atomic mass is 10.0. The average Bonchev–Trinajstić information content (AvgIpc) is 2.46. The van der Waals surface area contributed by atoms with Crippen LogP contribution in [0.2, 0.25) is 0 Å². The number of rotatable bonds is 3. The number of likely N-dealkylation sites (tertiary alicyclic amines) is 1. The molecule has 1 atom stereocenters. The molecule has 1 saturated heterocycles. The Labute approximate surface area is 127 Å². The normalized spacial score (nSPS) is 20.2. The largest absolute Gasteiger partial charge is 0.490 e. The lowest BCUT2D eigenvalue weighted by Crippen LogP contribution is -2.40. The Morgan fingerprint density at radius 1 is 1.40 bits per heavy atom. The van der Waals surface area contributed by atoms with E-state index < -0.39 is 0 Å². The van der Waals surface area contributed by atoms with E-state index in [9.17, 15) is 0 Å². The van der Waals surface area contributed by atoms with Crippen LogP contribution in [-0.4, -0.2) is 41.1 Å². The van der Waals surface area contributed by atoms with Crippen LogP contribution in [0.15, 0.2) is 29.0 Å². The maximum Gasteiger partial charge on any atom is 0.148 e. The van der Waals surface area contributed by atoms with Gasteiger partial charge in [-0.3, -0.25) is 4.98 Å². The number of hydrogen-bond acceptors (Lipinski definition) is 4. The van der Waals surface area contributed by atoms with Crippen molar-refractivity contribution in [2.45, 2.75) is 25.3 Å². The van der Waals surface area contributed by atoms with Crippen LogP contribution in [0.5, 0.6) is 5.75 Å². The number of likely N-dealkylation sites (N-methyl/N-ethyl adjacent to an activating group) is 1. The van der Waals surface area contributed by atoms with Crippen LogP contribution in [0.25, 0.3) is 11.0 Å². The quantitative estimate of drug-likeness (QED) is 0.862. The summed E-state index contributed by atoms with van der Waals surface area (Å²) in [6, 6.07) is 4.36. The monoisotopic (exact) mass is 335 g/mol. The zero-order valence-electron chi connectivity index (χ0n) is 11.6. The average molecular weight is 336 g/mol. The fourth-order valence-electron chi connectivity index (χ4n) is 2.64. The predicted molar refractivity (Wildman–Crippen MR) is 83.0 cm³/mol. The van der Waals surface area contributed by atoms with Crippen molar-refractivity contribution >= 4 is 27.0 Å². The molecule has 3 rings (SSSR count). The molecule has 0 N–H and O–H groups in total. The molecular formula is C15H18BrN3O. The first kappa shape index (κ1) is 13.8. The summed E-state index contributed by atoms with van der Waals surface area (Å²) in [6.07, 6.45) is 7.35. The SMILES string of the molecule is CN1CCCCC1COc1ccnc2cc(Br)cnc12. The molecule has 1 aliphatic rings. The molecule has 2 aromatic heterocycles. The number of nitrogens with zero attached hydrogens (tertiary/aromatic N) is 3. The van der Waals surface area contributed by atoms with Crippen molar-refractivity contribution in [3.63, 3.8) is 0 Å². The van der Waals surface area contributed by atoms with E-state index in [0.29, 0.717) is 12.6 Å². The van der Waals surface area contributed by atoms with Gasteiger partial charge in [0.05, 0.1) is 5.52 Å². The van der Waals surface area contributed by atoms with Gasteiger partial charge in [-0.05, 0) is 48.4 Å². The summed E-state index contributed by atoms with van der Waals surface area (Å²) in [5.41, 5.74) is 1.68. The van der Waals surface area contributed by atoms with Crippen LogP contribution in [-0.2, 0) is 0 Å². The molecule has 0 saturated carbocycles. The van der Waals surface area contributed by atoms with Gasteiger partial charge in [0, 0.05) is 29.0 Å². The Hall–Kier alpha value is -1.20. The third-order valence-corrected chi connectivity index (χ3v) is 4.29. The molecular weight excluding hydrogens is 318 g/mol. The van der Waals surface area contributed by atoms with Gasteiger partial charge in [0.2, 0.25) is 0 Å². The summed E-state index contributed by atoms with van der Waals surface area (Å²) in [5, 5.41) is 0.